The number of ether oxygens (including phenoxy) is 3. The van der Waals surface area contributed by atoms with E-state index >= 15 is 0 Å². The lowest BCUT2D eigenvalue weighted by molar-refractivity contribution is -0.133. The van der Waals surface area contributed by atoms with Crippen molar-refractivity contribution >= 4 is 17.6 Å². The molecule has 0 aliphatic carbocycles. The minimum Gasteiger partial charge on any atom is -0.497 e. The number of rotatable bonds is 13. The molecule has 0 radical (unpaired) electrons. The van der Waals surface area contributed by atoms with E-state index in [1.54, 1.807) is 35.1 Å². The third-order valence-electron chi connectivity index (χ3n) is 6.98. The Bertz CT molecular complexity index is 1260. The Labute approximate surface area is 241 Å². The molecule has 1 aromatic heterocycles. The third kappa shape index (κ3) is 8.99. The van der Waals surface area contributed by atoms with Crippen LogP contribution in [0.2, 0.25) is 0 Å². The summed E-state index contributed by atoms with van der Waals surface area (Å²) in [6.45, 7) is 6.86. The molecule has 0 saturated carbocycles. The van der Waals surface area contributed by atoms with Gasteiger partial charge in [0, 0.05) is 38.8 Å². The lowest BCUT2D eigenvalue weighted by atomic mass is 10.2. The van der Waals surface area contributed by atoms with E-state index in [0.29, 0.717) is 55.8 Å². The maximum absolute atomic E-state index is 13.8. The predicted octanol–water partition coefficient (Wildman–Crippen LogP) is 4.39. The molecule has 10 heteroatoms. The lowest BCUT2D eigenvalue weighted by Crippen LogP contribution is -2.45. The maximum atomic E-state index is 13.8. The zero-order valence-electron chi connectivity index (χ0n) is 24.1. The summed E-state index contributed by atoms with van der Waals surface area (Å²) in [6.07, 6.45) is 0.719. The van der Waals surface area contributed by atoms with E-state index in [4.69, 9.17) is 18.6 Å². The number of anilines is 1. The van der Waals surface area contributed by atoms with E-state index in [9.17, 15) is 9.59 Å². The average Bonchev–Trinajstić information content (AvgIpc) is 3.41. The molecular formula is C31H40N4O6. The van der Waals surface area contributed by atoms with Crippen LogP contribution in [0.4, 0.5) is 10.5 Å². The zero-order chi connectivity index (χ0) is 29.0. The average molecular weight is 565 g/mol. The van der Waals surface area contributed by atoms with Gasteiger partial charge in [0.05, 0.1) is 39.7 Å². The van der Waals surface area contributed by atoms with Crippen molar-refractivity contribution in [3.63, 3.8) is 0 Å². The lowest BCUT2D eigenvalue weighted by Gasteiger charge is -2.30. The summed E-state index contributed by atoms with van der Waals surface area (Å²) in [5.74, 6) is 2.38. The SMILES string of the molecule is COc1ccc(NC(=O)N(CCCN2CCOCC2)CC(=O)N(Cc2ccccc2)Cc2ccc(C)o2)c(OC)c1. The molecule has 0 spiro atoms. The monoisotopic (exact) mass is 564 g/mol. The van der Waals surface area contributed by atoms with Crippen LogP contribution in [-0.4, -0.2) is 86.8 Å². The minimum atomic E-state index is -0.378. The first-order valence-corrected chi connectivity index (χ1v) is 13.9. The van der Waals surface area contributed by atoms with Gasteiger partial charge < -0.3 is 33.7 Å². The van der Waals surface area contributed by atoms with Crippen molar-refractivity contribution < 1.29 is 28.2 Å². The Hall–Kier alpha value is -4.02. The molecule has 4 rings (SSSR count). The van der Waals surface area contributed by atoms with Gasteiger partial charge in [-0.25, -0.2) is 4.79 Å². The number of benzene rings is 2. The molecule has 0 atom stereocenters. The number of morpholine rings is 1. The number of furan rings is 1. The first-order valence-electron chi connectivity index (χ1n) is 13.9. The van der Waals surface area contributed by atoms with E-state index < -0.39 is 0 Å². The Balaban J connectivity index is 1.50. The molecular weight excluding hydrogens is 524 g/mol. The standard InChI is InChI=1S/C31H40N4O6/c1-24-10-11-27(41-24)22-35(21-25-8-5-4-6-9-25)30(36)23-34(15-7-14-33-16-18-40-19-17-33)31(37)32-28-13-12-26(38-2)20-29(28)39-3/h4-6,8-13,20H,7,14-19,21-23H2,1-3H3,(H,32,37). The van der Waals surface area contributed by atoms with Crippen LogP contribution in [-0.2, 0) is 22.6 Å². The van der Waals surface area contributed by atoms with Crippen molar-refractivity contribution in [2.45, 2.75) is 26.4 Å². The molecule has 0 bridgehead atoms. The number of nitrogens with one attached hydrogen (secondary N) is 1. The van der Waals surface area contributed by atoms with Crippen molar-refractivity contribution in [1.29, 1.82) is 0 Å². The number of urea groups is 1. The second-order valence-electron chi connectivity index (χ2n) is 9.97. The number of methoxy groups -OCH3 is 2. The van der Waals surface area contributed by atoms with Crippen molar-refractivity contribution in [3.8, 4) is 11.5 Å². The van der Waals surface area contributed by atoms with E-state index in [1.165, 1.54) is 7.11 Å². The van der Waals surface area contributed by atoms with Crippen LogP contribution in [0.25, 0.3) is 0 Å². The van der Waals surface area contributed by atoms with Gasteiger partial charge in [0.1, 0.15) is 29.6 Å². The molecule has 1 N–H and O–H groups in total. The summed E-state index contributed by atoms with van der Waals surface area (Å²) < 4.78 is 22.0. The number of nitrogens with zero attached hydrogens (tertiary/aromatic N) is 3. The van der Waals surface area contributed by atoms with Crippen LogP contribution in [0.1, 0.15) is 23.5 Å². The summed E-state index contributed by atoms with van der Waals surface area (Å²) in [7, 11) is 3.10. The molecule has 220 valence electrons. The maximum Gasteiger partial charge on any atom is 0.322 e. The summed E-state index contributed by atoms with van der Waals surface area (Å²) in [4.78, 5) is 33.0. The van der Waals surface area contributed by atoms with Gasteiger partial charge in [0.25, 0.3) is 0 Å². The van der Waals surface area contributed by atoms with Gasteiger partial charge in [0.15, 0.2) is 0 Å². The van der Waals surface area contributed by atoms with Crippen LogP contribution < -0.4 is 14.8 Å². The molecule has 3 aromatic rings. The van der Waals surface area contributed by atoms with Crippen LogP contribution >= 0.6 is 0 Å². The summed E-state index contributed by atoms with van der Waals surface area (Å²) in [5.41, 5.74) is 1.49. The van der Waals surface area contributed by atoms with Crippen molar-refractivity contribution in [2.24, 2.45) is 0 Å². The van der Waals surface area contributed by atoms with E-state index in [0.717, 1.165) is 37.4 Å². The first kappa shape index (κ1) is 30.0. The number of aryl methyl sites for hydroxylation is 1. The highest BCUT2D eigenvalue weighted by molar-refractivity contribution is 5.93. The smallest absolute Gasteiger partial charge is 0.322 e. The van der Waals surface area contributed by atoms with Gasteiger partial charge >= 0.3 is 6.03 Å². The quantitative estimate of drug-likeness (QED) is 0.329. The molecule has 2 aromatic carbocycles. The van der Waals surface area contributed by atoms with Gasteiger partial charge in [-0.3, -0.25) is 9.69 Å². The van der Waals surface area contributed by atoms with Gasteiger partial charge in [-0.2, -0.15) is 0 Å². The Morgan fingerprint density at radius 1 is 0.951 bits per heavy atom. The summed E-state index contributed by atoms with van der Waals surface area (Å²) in [6, 6.07) is 18.4. The topological polar surface area (TPSA) is 96.7 Å². The van der Waals surface area contributed by atoms with Crippen molar-refractivity contribution in [2.75, 3.05) is 65.5 Å². The van der Waals surface area contributed by atoms with Crippen LogP contribution in [0.15, 0.2) is 65.1 Å². The molecule has 3 amide bonds. The van der Waals surface area contributed by atoms with Gasteiger partial charge in [-0.05, 0) is 43.2 Å². The van der Waals surface area contributed by atoms with Crippen molar-refractivity contribution in [3.05, 3.63) is 77.7 Å². The number of carbonyl (C=O) groups is 2. The Kier molecular flexibility index (Phi) is 11.0. The molecule has 10 nitrogen and oxygen atoms in total. The number of carbonyl (C=O) groups excluding carboxylic acids is 2. The molecule has 1 aliphatic heterocycles. The summed E-state index contributed by atoms with van der Waals surface area (Å²) in [5, 5.41) is 2.93. The van der Waals surface area contributed by atoms with E-state index in [-0.39, 0.29) is 18.5 Å². The molecule has 2 heterocycles. The van der Waals surface area contributed by atoms with Gasteiger partial charge in [-0.1, -0.05) is 30.3 Å². The number of hydrogen-bond acceptors (Lipinski definition) is 7. The van der Waals surface area contributed by atoms with Crippen LogP contribution in [0, 0.1) is 6.92 Å². The number of amides is 3. The highest BCUT2D eigenvalue weighted by atomic mass is 16.5. The second-order valence-corrected chi connectivity index (χ2v) is 9.97. The summed E-state index contributed by atoms with van der Waals surface area (Å²) >= 11 is 0. The Morgan fingerprint density at radius 3 is 2.41 bits per heavy atom. The minimum absolute atomic E-state index is 0.0834. The second kappa shape index (κ2) is 15.1. The highest BCUT2D eigenvalue weighted by Gasteiger charge is 2.24. The fourth-order valence-corrected chi connectivity index (χ4v) is 4.72. The molecule has 1 saturated heterocycles. The fraction of sp³-hybridized carbons (Fsp3) is 0.419. The molecule has 1 fully saturated rings. The molecule has 41 heavy (non-hydrogen) atoms. The first-order chi connectivity index (χ1) is 19.9. The highest BCUT2D eigenvalue weighted by Crippen LogP contribution is 2.29. The molecule has 0 unspecified atom stereocenters. The van der Waals surface area contributed by atoms with E-state index in [2.05, 4.69) is 10.2 Å². The normalized spacial score (nSPS) is 13.4. The van der Waals surface area contributed by atoms with E-state index in [1.807, 2.05) is 49.4 Å². The van der Waals surface area contributed by atoms with Crippen molar-refractivity contribution in [1.82, 2.24) is 14.7 Å². The Morgan fingerprint density at radius 2 is 1.73 bits per heavy atom. The zero-order valence-corrected chi connectivity index (χ0v) is 24.1. The van der Waals surface area contributed by atoms with Gasteiger partial charge in [-0.15, -0.1) is 0 Å². The van der Waals surface area contributed by atoms with Crippen LogP contribution in [0.3, 0.4) is 0 Å². The fourth-order valence-electron chi connectivity index (χ4n) is 4.72. The molecule has 1 aliphatic rings. The third-order valence-corrected chi connectivity index (χ3v) is 6.98. The predicted molar refractivity (Wildman–Crippen MR) is 156 cm³/mol. The largest absolute Gasteiger partial charge is 0.497 e. The van der Waals surface area contributed by atoms with Gasteiger partial charge in [0.2, 0.25) is 5.91 Å². The number of hydrogen-bond donors (Lipinski definition) is 1. The van der Waals surface area contributed by atoms with Crippen LogP contribution in [0.5, 0.6) is 11.5 Å².